The molecule has 1 N–H and O–H groups in total. The third kappa shape index (κ3) is 3.17. The van der Waals surface area contributed by atoms with E-state index in [0.29, 0.717) is 17.5 Å². The number of nitrogens with zero attached hydrogens (tertiary/aromatic N) is 1. The molecule has 2 nitrogen and oxygen atoms in total. The molecule has 1 aromatic carbocycles. The molecule has 0 bridgehead atoms. The van der Waals surface area contributed by atoms with Crippen LogP contribution < -0.4 is 5.32 Å². The highest BCUT2D eigenvalue weighted by atomic mass is 15.1. The normalized spacial score (nSPS) is 26.5. The quantitative estimate of drug-likeness (QED) is 0.907. The highest BCUT2D eigenvalue weighted by Crippen LogP contribution is 2.41. The highest BCUT2D eigenvalue weighted by molar-refractivity contribution is 5.38. The number of hydrogen-bond donors (Lipinski definition) is 1. The monoisotopic (exact) mass is 286 g/mol. The number of piperidine rings is 1. The third-order valence-electron chi connectivity index (χ3n) is 5.60. The molecule has 1 unspecified atom stereocenters. The largest absolute Gasteiger partial charge is 0.307 e. The lowest BCUT2D eigenvalue weighted by Crippen LogP contribution is -2.45. The molecular formula is C19H30N2. The van der Waals surface area contributed by atoms with Gasteiger partial charge in [0.2, 0.25) is 0 Å². The number of likely N-dealkylation sites (tertiary alicyclic amines) is 1. The summed E-state index contributed by atoms with van der Waals surface area (Å²) in [6, 6.07) is 10.3. The second kappa shape index (κ2) is 6.10. The van der Waals surface area contributed by atoms with Gasteiger partial charge < -0.3 is 10.2 Å². The van der Waals surface area contributed by atoms with Crippen molar-refractivity contribution in [3.05, 3.63) is 35.4 Å². The number of benzene rings is 1. The first-order valence-electron chi connectivity index (χ1n) is 8.68. The van der Waals surface area contributed by atoms with E-state index >= 15 is 0 Å². The van der Waals surface area contributed by atoms with Crippen molar-refractivity contribution < 1.29 is 0 Å². The van der Waals surface area contributed by atoms with Gasteiger partial charge in [0.15, 0.2) is 0 Å². The molecule has 2 heteroatoms. The molecule has 1 aromatic rings. The van der Waals surface area contributed by atoms with E-state index in [-0.39, 0.29) is 0 Å². The van der Waals surface area contributed by atoms with Gasteiger partial charge in [-0.1, -0.05) is 45.0 Å². The zero-order valence-electron chi connectivity index (χ0n) is 13.9. The number of fused-ring (bicyclic) bond motifs is 1. The van der Waals surface area contributed by atoms with Gasteiger partial charge in [0.1, 0.15) is 0 Å². The summed E-state index contributed by atoms with van der Waals surface area (Å²) < 4.78 is 0. The fraction of sp³-hybridized carbons (Fsp3) is 0.684. The van der Waals surface area contributed by atoms with Gasteiger partial charge >= 0.3 is 0 Å². The van der Waals surface area contributed by atoms with E-state index in [0.717, 1.165) is 0 Å². The smallest absolute Gasteiger partial charge is 0.0325 e. The molecule has 2 aliphatic rings. The van der Waals surface area contributed by atoms with Gasteiger partial charge in [0.25, 0.3) is 0 Å². The lowest BCUT2D eigenvalue weighted by molar-refractivity contribution is 0.193. The van der Waals surface area contributed by atoms with Gasteiger partial charge in [0.05, 0.1) is 0 Å². The molecule has 1 heterocycles. The fourth-order valence-electron chi connectivity index (χ4n) is 4.09. The van der Waals surface area contributed by atoms with Gasteiger partial charge in [-0.3, -0.25) is 0 Å². The highest BCUT2D eigenvalue weighted by Gasteiger charge is 2.33. The standard InChI is InChI=1S/C19H30N2/c1-4-21-13-10-15(11-14-21)20-18-9-12-19(2,3)17-8-6-5-7-16(17)18/h5-8,15,18,20H,4,9-14H2,1-3H3. The number of hydrogen-bond acceptors (Lipinski definition) is 2. The first kappa shape index (κ1) is 15.1. The minimum Gasteiger partial charge on any atom is -0.307 e. The van der Waals surface area contributed by atoms with Gasteiger partial charge in [-0.05, 0) is 61.9 Å². The maximum atomic E-state index is 3.97. The van der Waals surface area contributed by atoms with Crippen molar-refractivity contribution in [3.8, 4) is 0 Å². The number of nitrogens with one attached hydrogen (secondary N) is 1. The molecule has 0 amide bonds. The Bertz CT molecular complexity index is 472. The van der Waals surface area contributed by atoms with Crippen molar-refractivity contribution >= 4 is 0 Å². The van der Waals surface area contributed by atoms with Crippen LogP contribution in [0, 0.1) is 0 Å². The second-order valence-corrected chi connectivity index (χ2v) is 7.44. The first-order chi connectivity index (χ1) is 10.1. The molecule has 1 atom stereocenters. The second-order valence-electron chi connectivity index (χ2n) is 7.44. The zero-order valence-corrected chi connectivity index (χ0v) is 13.9. The average molecular weight is 286 g/mol. The Morgan fingerprint density at radius 2 is 1.86 bits per heavy atom. The van der Waals surface area contributed by atoms with Crippen molar-refractivity contribution in [3.63, 3.8) is 0 Å². The molecule has 1 aliphatic heterocycles. The lowest BCUT2D eigenvalue weighted by atomic mass is 9.71. The topological polar surface area (TPSA) is 15.3 Å². The van der Waals surface area contributed by atoms with E-state index in [4.69, 9.17) is 0 Å². The average Bonchev–Trinajstić information content (AvgIpc) is 2.51. The van der Waals surface area contributed by atoms with Crippen LogP contribution in [0.1, 0.15) is 63.6 Å². The van der Waals surface area contributed by atoms with Crippen LogP contribution in [-0.4, -0.2) is 30.6 Å². The van der Waals surface area contributed by atoms with Crippen molar-refractivity contribution in [2.45, 2.75) is 64.0 Å². The van der Waals surface area contributed by atoms with Crippen LogP contribution in [0.5, 0.6) is 0 Å². The van der Waals surface area contributed by atoms with Crippen molar-refractivity contribution in [2.75, 3.05) is 19.6 Å². The van der Waals surface area contributed by atoms with Crippen LogP contribution in [0.2, 0.25) is 0 Å². The Morgan fingerprint density at radius 1 is 1.14 bits per heavy atom. The van der Waals surface area contributed by atoms with E-state index < -0.39 is 0 Å². The van der Waals surface area contributed by atoms with E-state index in [1.807, 2.05) is 0 Å². The van der Waals surface area contributed by atoms with Gasteiger partial charge in [0, 0.05) is 12.1 Å². The minimum atomic E-state index is 0.334. The Morgan fingerprint density at radius 3 is 2.57 bits per heavy atom. The lowest BCUT2D eigenvalue weighted by Gasteiger charge is -2.40. The zero-order chi connectivity index (χ0) is 14.9. The Balaban J connectivity index is 1.70. The van der Waals surface area contributed by atoms with E-state index in [1.54, 1.807) is 11.1 Å². The molecule has 0 saturated carbocycles. The molecule has 3 rings (SSSR count). The summed E-state index contributed by atoms with van der Waals surface area (Å²) in [7, 11) is 0. The van der Waals surface area contributed by atoms with Crippen molar-refractivity contribution in [1.82, 2.24) is 10.2 Å². The molecule has 21 heavy (non-hydrogen) atoms. The van der Waals surface area contributed by atoms with Gasteiger partial charge in [-0.15, -0.1) is 0 Å². The molecule has 1 aliphatic carbocycles. The maximum absolute atomic E-state index is 3.97. The first-order valence-corrected chi connectivity index (χ1v) is 8.68. The van der Waals surface area contributed by atoms with Crippen LogP contribution in [0.4, 0.5) is 0 Å². The summed E-state index contributed by atoms with van der Waals surface area (Å²) >= 11 is 0. The Labute approximate surface area is 129 Å². The van der Waals surface area contributed by atoms with Gasteiger partial charge in [-0.25, -0.2) is 0 Å². The molecule has 0 radical (unpaired) electrons. The summed E-state index contributed by atoms with van der Waals surface area (Å²) in [6.07, 6.45) is 5.17. The SMILES string of the molecule is CCN1CCC(NC2CCC(C)(C)c3ccccc32)CC1. The van der Waals surface area contributed by atoms with E-state index in [2.05, 4.69) is 55.3 Å². The number of rotatable bonds is 3. The fourth-order valence-corrected chi connectivity index (χ4v) is 4.09. The van der Waals surface area contributed by atoms with E-state index in [9.17, 15) is 0 Å². The van der Waals surface area contributed by atoms with Gasteiger partial charge in [-0.2, -0.15) is 0 Å². The third-order valence-corrected chi connectivity index (χ3v) is 5.60. The summed E-state index contributed by atoms with van der Waals surface area (Å²) in [5, 5.41) is 3.97. The summed E-state index contributed by atoms with van der Waals surface area (Å²) in [5.41, 5.74) is 3.44. The Hall–Kier alpha value is -0.860. The summed E-state index contributed by atoms with van der Waals surface area (Å²) in [6.45, 7) is 10.8. The predicted octanol–water partition coefficient (Wildman–Crippen LogP) is 3.87. The molecule has 0 aromatic heterocycles. The molecule has 116 valence electrons. The summed E-state index contributed by atoms with van der Waals surface area (Å²) in [5.74, 6) is 0. The van der Waals surface area contributed by atoms with Crippen LogP contribution in [0.15, 0.2) is 24.3 Å². The van der Waals surface area contributed by atoms with Crippen LogP contribution in [-0.2, 0) is 5.41 Å². The molecular weight excluding hydrogens is 256 g/mol. The molecule has 0 spiro atoms. The molecule has 1 saturated heterocycles. The predicted molar refractivity (Wildman–Crippen MR) is 89.7 cm³/mol. The van der Waals surface area contributed by atoms with Crippen LogP contribution in [0.3, 0.4) is 0 Å². The van der Waals surface area contributed by atoms with Crippen LogP contribution in [0.25, 0.3) is 0 Å². The molecule has 1 fully saturated rings. The van der Waals surface area contributed by atoms with Crippen LogP contribution >= 0.6 is 0 Å². The minimum absolute atomic E-state index is 0.334. The Kier molecular flexibility index (Phi) is 4.37. The van der Waals surface area contributed by atoms with Crippen molar-refractivity contribution in [1.29, 1.82) is 0 Å². The van der Waals surface area contributed by atoms with E-state index in [1.165, 1.54) is 45.3 Å². The maximum Gasteiger partial charge on any atom is 0.0325 e. The van der Waals surface area contributed by atoms with Crippen molar-refractivity contribution in [2.24, 2.45) is 0 Å². The summed E-state index contributed by atoms with van der Waals surface area (Å²) in [4.78, 5) is 2.57.